The normalized spacial score (nSPS) is 10.7. The fourth-order valence-electron chi connectivity index (χ4n) is 2.09. The van der Waals surface area contributed by atoms with Crippen LogP contribution in [0.3, 0.4) is 0 Å². The molecule has 4 heteroatoms. The average Bonchev–Trinajstić information content (AvgIpc) is 2.79. The summed E-state index contributed by atoms with van der Waals surface area (Å²) in [5.74, 6) is -0.852. The second kappa shape index (κ2) is 4.57. The van der Waals surface area contributed by atoms with E-state index in [2.05, 4.69) is 9.97 Å². The van der Waals surface area contributed by atoms with Crippen molar-refractivity contribution in [3.05, 3.63) is 54.2 Å². The Balaban J connectivity index is 2.03. The van der Waals surface area contributed by atoms with Gasteiger partial charge in [-0.05, 0) is 18.2 Å². The summed E-state index contributed by atoms with van der Waals surface area (Å²) in [6.45, 7) is 0. The van der Waals surface area contributed by atoms with Crippen molar-refractivity contribution in [1.29, 1.82) is 0 Å². The number of hydrogen-bond donors (Lipinski definition) is 2. The monoisotopic (exact) mass is 252 g/mol. The molecule has 0 aliphatic heterocycles. The van der Waals surface area contributed by atoms with Crippen LogP contribution >= 0.6 is 0 Å². The summed E-state index contributed by atoms with van der Waals surface area (Å²) >= 11 is 0. The zero-order valence-electron chi connectivity index (χ0n) is 10.1. The topological polar surface area (TPSA) is 66.0 Å². The lowest BCUT2D eigenvalue weighted by molar-refractivity contribution is -0.136. The van der Waals surface area contributed by atoms with Gasteiger partial charge >= 0.3 is 5.97 Å². The van der Waals surface area contributed by atoms with E-state index in [1.54, 1.807) is 0 Å². The molecule has 0 aliphatic rings. The summed E-state index contributed by atoms with van der Waals surface area (Å²) in [6, 6.07) is 15.6. The van der Waals surface area contributed by atoms with Crippen molar-refractivity contribution in [1.82, 2.24) is 9.97 Å². The molecule has 0 fully saturated rings. The van der Waals surface area contributed by atoms with Gasteiger partial charge in [-0.15, -0.1) is 0 Å². The first-order chi connectivity index (χ1) is 9.22. The molecule has 0 saturated carbocycles. The highest BCUT2D eigenvalue weighted by molar-refractivity contribution is 5.81. The average molecular weight is 252 g/mol. The summed E-state index contributed by atoms with van der Waals surface area (Å²) in [5, 5.41) is 9.71. The molecule has 0 aliphatic carbocycles. The number of aromatic nitrogens is 2. The number of nitrogens with zero attached hydrogens (tertiary/aromatic N) is 1. The zero-order valence-corrected chi connectivity index (χ0v) is 10.1. The van der Waals surface area contributed by atoms with Gasteiger partial charge in [-0.1, -0.05) is 30.3 Å². The summed E-state index contributed by atoms with van der Waals surface area (Å²) in [4.78, 5) is 18.3. The minimum Gasteiger partial charge on any atom is -0.481 e. The van der Waals surface area contributed by atoms with Crippen LogP contribution in [0.5, 0.6) is 0 Å². The Morgan fingerprint density at radius 1 is 1.16 bits per heavy atom. The number of carboxylic acid groups (broad SMARTS) is 1. The minimum absolute atomic E-state index is 0.0168. The molecular weight excluding hydrogens is 240 g/mol. The van der Waals surface area contributed by atoms with Crippen LogP contribution in [0.15, 0.2) is 48.5 Å². The summed E-state index contributed by atoms with van der Waals surface area (Å²) < 4.78 is 0. The van der Waals surface area contributed by atoms with Crippen LogP contribution in [-0.2, 0) is 11.2 Å². The van der Waals surface area contributed by atoms with Crippen LogP contribution < -0.4 is 0 Å². The van der Waals surface area contributed by atoms with Gasteiger partial charge in [-0.2, -0.15) is 0 Å². The van der Waals surface area contributed by atoms with Crippen LogP contribution in [0.25, 0.3) is 22.3 Å². The molecule has 3 aromatic rings. The number of aliphatic carboxylic acids is 1. The van der Waals surface area contributed by atoms with Gasteiger partial charge in [0.05, 0.1) is 12.1 Å². The fraction of sp³-hybridized carbons (Fsp3) is 0.0667. The molecule has 0 bridgehead atoms. The molecule has 0 saturated heterocycles. The van der Waals surface area contributed by atoms with Crippen LogP contribution in [0.2, 0.25) is 0 Å². The van der Waals surface area contributed by atoms with E-state index in [-0.39, 0.29) is 6.42 Å². The van der Waals surface area contributed by atoms with E-state index in [4.69, 9.17) is 5.11 Å². The van der Waals surface area contributed by atoms with E-state index in [9.17, 15) is 4.79 Å². The molecule has 2 aromatic heterocycles. The maximum Gasteiger partial charge on any atom is 0.309 e. The molecule has 0 atom stereocenters. The third-order valence-corrected chi connectivity index (χ3v) is 2.95. The predicted octanol–water partition coefficient (Wildman–Crippen LogP) is 2.86. The molecule has 1 aromatic carbocycles. The van der Waals surface area contributed by atoms with Gasteiger partial charge in [0, 0.05) is 16.6 Å². The van der Waals surface area contributed by atoms with E-state index >= 15 is 0 Å². The maximum atomic E-state index is 10.7. The Bertz CT molecular complexity index is 732. The Labute approximate surface area is 109 Å². The van der Waals surface area contributed by atoms with Gasteiger partial charge in [-0.25, -0.2) is 4.98 Å². The quantitative estimate of drug-likeness (QED) is 0.753. The predicted molar refractivity (Wildman–Crippen MR) is 72.9 cm³/mol. The number of carboxylic acids is 1. The van der Waals surface area contributed by atoms with E-state index < -0.39 is 5.97 Å². The Hall–Kier alpha value is -2.62. The molecule has 94 valence electrons. The molecule has 2 N–H and O–H groups in total. The van der Waals surface area contributed by atoms with E-state index in [0.717, 1.165) is 22.3 Å². The Morgan fingerprint density at radius 2 is 1.95 bits per heavy atom. The van der Waals surface area contributed by atoms with Gasteiger partial charge in [0.2, 0.25) is 0 Å². The number of hydrogen-bond acceptors (Lipinski definition) is 2. The number of rotatable bonds is 3. The lowest BCUT2D eigenvalue weighted by Gasteiger charge is -1.99. The number of benzene rings is 1. The second-order valence-electron chi connectivity index (χ2n) is 4.37. The number of pyridine rings is 1. The SMILES string of the molecule is O=C(O)Cc1cc2ccc(-c3ccccc3)nc2[nH]1. The zero-order chi connectivity index (χ0) is 13.2. The highest BCUT2D eigenvalue weighted by Crippen LogP contribution is 2.21. The molecule has 0 radical (unpaired) electrons. The van der Waals surface area contributed by atoms with Gasteiger partial charge in [0.25, 0.3) is 0 Å². The van der Waals surface area contributed by atoms with Crippen molar-refractivity contribution in [2.45, 2.75) is 6.42 Å². The van der Waals surface area contributed by atoms with Crippen molar-refractivity contribution < 1.29 is 9.90 Å². The number of H-pyrrole nitrogens is 1. The lowest BCUT2D eigenvalue weighted by atomic mass is 10.1. The number of nitrogens with one attached hydrogen (secondary N) is 1. The first kappa shape index (κ1) is 11.5. The second-order valence-corrected chi connectivity index (χ2v) is 4.37. The summed E-state index contributed by atoms with van der Waals surface area (Å²) in [7, 11) is 0. The first-order valence-corrected chi connectivity index (χ1v) is 5.98. The van der Waals surface area contributed by atoms with Crippen molar-refractivity contribution in [3.8, 4) is 11.3 Å². The molecule has 19 heavy (non-hydrogen) atoms. The van der Waals surface area contributed by atoms with Crippen LogP contribution in [-0.4, -0.2) is 21.0 Å². The minimum atomic E-state index is -0.852. The van der Waals surface area contributed by atoms with E-state index in [1.165, 1.54) is 0 Å². The van der Waals surface area contributed by atoms with Gasteiger partial charge in [-0.3, -0.25) is 4.79 Å². The standard InChI is InChI=1S/C15H12N2O2/c18-14(19)9-12-8-11-6-7-13(17-15(11)16-12)10-4-2-1-3-5-10/h1-8H,9H2,(H,16,17)(H,18,19). The highest BCUT2D eigenvalue weighted by Gasteiger charge is 2.07. The molecule has 2 heterocycles. The number of fused-ring (bicyclic) bond motifs is 1. The van der Waals surface area contributed by atoms with Gasteiger partial charge in [0.1, 0.15) is 5.65 Å². The van der Waals surface area contributed by atoms with Crippen molar-refractivity contribution in [2.75, 3.05) is 0 Å². The smallest absolute Gasteiger partial charge is 0.309 e. The summed E-state index contributed by atoms with van der Waals surface area (Å²) in [5.41, 5.74) is 3.30. The summed E-state index contributed by atoms with van der Waals surface area (Å²) in [6.07, 6.45) is -0.0168. The third-order valence-electron chi connectivity index (χ3n) is 2.95. The molecule has 4 nitrogen and oxygen atoms in total. The van der Waals surface area contributed by atoms with Gasteiger partial charge < -0.3 is 10.1 Å². The first-order valence-electron chi connectivity index (χ1n) is 5.98. The highest BCUT2D eigenvalue weighted by atomic mass is 16.4. The third kappa shape index (κ3) is 2.33. The molecule has 0 spiro atoms. The molecular formula is C15H12N2O2. The van der Waals surface area contributed by atoms with E-state index in [0.29, 0.717) is 5.69 Å². The fourth-order valence-corrected chi connectivity index (χ4v) is 2.09. The molecule has 0 unspecified atom stereocenters. The van der Waals surface area contributed by atoms with Crippen LogP contribution in [0.1, 0.15) is 5.69 Å². The Kier molecular flexibility index (Phi) is 2.76. The van der Waals surface area contributed by atoms with Gasteiger partial charge in [0.15, 0.2) is 0 Å². The molecule has 0 amide bonds. The van der Waals surface area contributed by atoms with E-state index in [1.807, 2.05) is 48.5 Å². The number of carbonyl (C=O) groups is 1. The van der Waals surface area contributed by atoms with Crippen LogP contribution in [0.4, 0.5) is 0 Å². The maximum absolute atomic E-state index is 10.7. The largest absolute Gasteiger partial charge is 0.481 e. The van der Waals surface area contributed by atoms with Crippen molar-refractivity contribution >= 4 is 17.0 Å². The van der Waals surface area contributed by atoms with Crippen molar-refractivity contribution in [3.63, 3.8) is 0 Å². The van der Waals surface area contributed by atoms with Crippen LogP contribution in [0, 0.1) is 0 Å². The number of aromatic amines is 1. The Morgan fingerprint density at radius 3 is 2.68 bits per heavy atom. The molecule has 3 rings (SSSR count). The van der Waals surface area contributed by atoms with Crippen molar-refractivity contribution in [2.24, 2.45) is 0 Å². The lowest BCUT2D eigenvalue weighted by Crippen LogP contribution is -1.99.